The zero-order chi connectivity index (χ0) is 23.3. The van der Waals surface area contributed by atoms with Gasteiger partial charge in [0, 0.05) is 16.9 Å². The molecular weight excluding hydrogens is 419 g/mol. The number of terminal acetylenes is 1. The molecule has 164 valence electrons. The van der Waals surface area contributed by atoms with E-state index >= 15 is 0 Å². The van der Waals surface area contributed by atoms with E-state index in [2.05, 4.69) is 71.7 Å². The minimum atomic E-state index is 0.0683. The Bertz CT molecular complexity index is 1060. The minimum Gasteiger partial charge on any atom is -0.508 e. The third-order valence-corrected chi connectivity index (χ3v) is 6.38. The highest BCUT2D eigenvalue weighted by Crippen LogP contribution is 2.31. The number of aliphatic imine (C=N–C) groups is 1. The monoisotopic (exact) mass is 452 g/mol. The van der Waals surface area contributed by atoms with Crippen molar-refractivity contribution in [2.75, 3.05) is 6.54 Å². The largest absolute Gasteiger partial charge is 0.508 e. The maximum Gasteiger partial charge on any atom is 0.118 e. The van der Waals surface area contributed by atoms with Gasteiger partial charge in [-0.3, -0.25) is 0 Å². The topological polar surface area (TPSA) is 35.8 Å². The van der Waals surface area contributed by atoms with Crippen molar-refractivity contribution >= 4 is 38.7 Å². The van der Waals surface area contributed by atoms with Crippen LogP contribution < -0.4 is 5.30 Å². The Morgan fingerprint density at radius 1 is 1.19 bits per heavy atom. The van der Waals surface area contributed by atoms with E-state index in [1.54, 1.807) is 6.07 Å². The van der Waals surface area contributed by atoms with Crippen molar-refractivity contribution in [3.8, 4) is 18.1 Å². The van der Waals surface area contributed by atoms with Gasteiger partial charge in [0.05, 0.1) is 18.3 Å². The highest BCUT2D eigenvalue weighted by atomic mass is 32.1. The van der Waals surface area contributed by atoms with Crippen molar-refractivity contribution in [1.82, 2.24) is 4.90 Å². The van der Waals surface area contributed by atoms with Crippen LogP contribution in [-0.2, 0) is 0 Å². The number of amidine groups is 1. The molecule has 0 aliphatic carbocycles. The van der Waals surface area contributed by atoms with Gasteiger partial charge in [0.1, 0.15) is 11.6 Å². The molecule has 0 bridgehead atoms. The number of aryl methyl sites for hydroxylation is 3. The van der Waals surface area contributed by atoms with Crippen molar-refractivity contribution < 1.29 is 5.11 Å². The Balaban J connectivity index is 2.58. The van der Waals surface area contributed by atoms with Crippen molar-refractivity contribution in [2.24, 2.45) is 4.99 Å². The van der Waals surface area contributed by atoms with Crippen LogP contribution in [0.15, 0.2) is 40.2 Å². The van der Waals surface area contributed by atoms with Crippen LogP contribution in [0.1, 0.15) is 61.1 Å². The Hall–Kier alpha value is -2.21. The summed E-state index contributed by atoms with van der Waals surface area (Å²) in [5.41, 5.74) is 5.95. The number of aromatic hydroxyl groups is 1. The molecule has 5 heteroatoms. The summed E-state index contributed by atoms with van der Waals surface area (Å²) in [7, 11) is 2.80. The maximum atomic E-state index is 10.1. The number of hydrogen-bond donors (Lipinski definition) is 2. The first-order chi connectivity index (χ1) is 14.6. The van der Waals surface area contributed by atoms with E-state index in [9.17, 15) is 5.11 Å². The summed E-state index contributed by atoms with van der Waals surface area (Å²) in [4.78, 5) is 8.05. The van der Waals surface area contributed by atoms with E-state index in [1.165, 1.54) is 16.4 Å². The normalized spacial score (nSPS) is 13.5. The van der Waals surface area contributed by atoms with Crippen molar-refractivity contribution in [3.63, 3.8) is 0 Å². The predicted octanol–water partition coefficient (Wildman–Crippen LogP) is 5.94. The molecule has 0 fully saturated rings. The zero-order valence-corrected chi connectivity index (χ0v) is 21.4. The first-order valence-corrected chi connectivity index (χ1v) is 11.5. The quantitative estimate of drug-likeness (QED) is 0.187. The van der Waals surface area contributed by atoms with Gasteiger partial charge in [0.25, 0.3) is 0 Å². The van der Waals surface area contributed by atoms with Gasteiger partial charge in [-0.1, -0.05) is 25.0 Å². The van der Waals surface area contributed by atoms with Crippen LogP contribution in [0.3, 0.4) is 0 Å². The molecule has 2 unspecified atom stereocenters. The van der Waals surface area contributed by atoms with Crippen LogP contribution in [0, 0.1) is 33.1 Å². The first kappa shape index (κ1) is 25.1. The molecular formula is C26H33N2OPS. The van der Waals surface area contributed by atoms with Crippen LogP contribution in [0.5, 0.6) is 5.75 Å². The van der Waals surface area contributed by atoms with Crippen LogP contribution in [0.4, 0.5) is 0 Å². The van der Waals surface area contributed by atoms with Gasteiger partial charge in [-0.15, -0.1) is 28.3 Å². The fourth-order valence-electron chi connectivity index (χ4n) is 3.52. The maximum absolute atomic E-state index is 10.1. The van der Waals surface area contributed by atoms with E-state index < -0.39 is 0 Å². The van der Waals surface area contributed by atoms with Crippen LogP contribution in [0.25, 0.3) is 5.70 Å². The number of phenolic OH excluding ortho intramolecular Hbond substituents is 1. The summed E-state index contributed by atoms with van der Waals surface area (Å²) in [6.45, 7) is 12.6. The third-order valence-electron chi connectivity index (χ3n) is 5.54. The van der Waals surface area contributed by atoms with Gasteiger partial charge in [0.15, 0.2) is 0 Å². The average Bonchev–Trinajstić information content (AvgIpc) is 2.72. The second-order valence-corrected chi connectivity index (χ2v) is 9.19. The third kappa shape index (κ3) is 5.94. The summed E-state index contributed by atoms with van der Waals surface area (Å²) in [6, 6.07) is 10.3. The van der Waals surface area contributed by atoms with Gasteiger partial charge >= 0.3 is 0 Å². The number of hydrogen-bond acceptors (Lipinski definition) is 3. The molecule has 3 nitrogen and oxygen atoms in total. The highest BCUT2D eigenvalue weighted by Gasteiger charge is 2.20. The lowest BCUT2D eigenvalue weighted by molar-refractivity contribution is 0.367. The zero-order valence-electron chi connectivity index (χ0n) is 19.3. The lowest BCUT2D eigenvalue weighted by Crippen LogP contribution is -2.34. The summed E-state index contributed by atoms with van der Waals surface area (Å²) in [5.74, 6) is 3.99. The molecule has 2 aromatic rings. The molecule has 0 aliphatic heterocycles. The Morgan fingerprint density at radius 3 is 2.42 bits per heavy atom. The molecule has 31 heavy (non-hydrogen) atoms. The summed E-state index contributed by atoms with van der Waals surface area (Å²) in [5, 5.41) is 11.3. The van der Waals surface area contributed by atoms with Gasteiger partial charge in [-0.2, -0.15) is 0 Å². The van der Waals surface area contributed by atoms with Crippen LogP contribution in [0.2, 0.25) is 0 Å². The lowest BCUT2D eigenvalue weighted by atomic mass is 10.0. The number of benzene rings is 2. The molecule has 0 radical (unpaired) electrons. The molecule has 0 saturated heterocycles. The Morgan fingerprint density at radius 2 is 1.87 bits per heavy atom. The van der Waals surface area contributed by atoms with Crippen molar-refractivity contribution in [1.29, 1.82) is 0 Å². The second-order valence-electron chi connectivity index (χ2n) is 7.89. The molecule has 0 aromatic heterocycles. The standard InChI is InChI=1S/C26H33N2OPS/c1-8-12-28(19(6)21-11-10-16(3)24(30)15-21)25(9-2)27-26(20(7)31)22-13-18(5)23(29)14-17(22)4/h1,10-11,13-15,19,29,31H,9,12,30H2,2-7H3/b26-20-,27-25?. The summed E-state index contributed by atoms with van der Waals surface area (Å²) in [6.07, 6.45) is 6.48. The van der Waals surface area contributed by atoms with Gasteiger partial charge in [-0.05, 0) is 80.4 Å². The van der Waals surface area contributed by atoms with Gasteiger partial charge < -0.3 is 10.0 Å². The number of rotatable bonds is 6. The van der Waals surface area contributed by atoms with E-state index in [0.29, 0.717) is 6.54 Å². The second kappa shape index (κ2) is 10.9. The molecule has 0 spiro atoms. The van der Waals surface area contributed by atoms with E-state index in [4.69, 9.17) is 11.4 Å². The minimum absolute atomic E-state index is 0.0683. The average molecular weight is 453 g/mol. The molecule has 1 N–H and O–H groups in total. The summed E-state index contributed by atoms with van der Waals surface area (Å²) >= 11 is 4.64. The molecule has 0 saturated carbocycles. The molecule has 0 amide bonds. The Kier molecular flexibility index (Phi) is 8.80. The van der Waals surface area contributed by atoms with Crippen LogP contribution in [-0.4, -0.2) is 22.4 Å². The Labute approximate surface area is 195 Å². The highest BCUT2D eigenvalue weighted by molar-refractivity contribution is 7.84. The first-order valence-electron chi connectivity index (χ1n) is 10.4. The molecule has 0 heterocycles. The number of allylic oxidation sites excluding steroid dienone is 1. The van der Waals surface area contributed by atoms with Gasteiger partial charge in [0.2, 0.25) is 0 Å². The molecule has 0 aliphatic rings. The van der Waals surface area contributed by atoms with Crippen molar-refractivity contribution in [3.05, 3.63) is 63.1 Å². The molecule has 2 aromatic carbocycles. The number of thiol groups is 1. The fraction of sp³-hybridized carbons (Fsp3) is 0.346. The van der Waals surface area contributed by atoms with Crippen molar-refractivity contribution in [2.45, 2.75) is 54.0 Å². The van der Waals surface area contributed by atoms with E-state index in [1.807, 2.05) is 26.8 Å². The number of nitrogens with zero attached hydrogens (tertiary/aromatic N) is 2. The molecule has 2 rings (SSSR count). The smallest absolute Gasteiger partial charge is 0.118 e. The lowest BCUT2D eigenvalue weighted by Gasteiger charge is -2.31. The SMILES string of the molecule is C#CCN(C(CC)=N/C(=C(/C)S)c1cc(C)c(O)cc1C)C(C)c1ccc(C)c(P)c1. The van der Waals surface area contributed by atoms with E-state index in [0.717, 1.165) is 39.5 Å². The predicted molar refractivity (Wildman–Crippen MR) is 141 cm³/mol. The van der Waals surface area contributed by atoms with Crippen LogP contribution >= 0.6 is 21.9 Å². The van der Waals surface area contributed by atoms with Gasteiger partial charge in [-0.25, -0.2) is 4.99 Å². The molecule has 2 atom stereocenters. The summed E-state index contributed by atoms with van der Waals surface area (Å²) < 4.78 is 0. The fourth-order valence-corrected chi connectivity index (χ4v) is 3.98. The van der Waals surface area contributed by atoms with E-state index in [-0.39, 0.29) is 11.8 Å². The number of phenols is 1.